The number of fused-ring (bicyclic) bond motifs is 1. The molecule has 3 rings (SSSR count). The summed E-state index contributed by atoms with van der Waals surface area (Å²) in [6.07, 6.45) is 4.25. The van der Waals surface area contributed by atoms with Crippen LogP contribution in [0.1, 0.15) is 42.1 Å². The van der Waals surface area contributed by atoms with Crippen LogP contribution in [0.5, 0.6) is 0 Å². The molecule has 0 atom stereocenters. The SMILES string of the molecule is Cc1nc2cc(C3CCC3)[nH]n2c(=O)c1CCCl. The van der Waals surface area contributed by atoms with Gasteiger partial charge in [0, 0.05) is 34.8 Å². The molecule has 0 unspecified atom stereocenters. The molecule has 1 N–H and O–H groups in total. The lowest BCUT2D eigenvalue weighted by atomic mass is 9.83. The van der Waals surface area contributed by atoms with Crippen molar-refractivity contribution in [3.63, 3.8) is 0 Å². The van der Waals surface area contributed by atoms with Crippen LogP contribution in [-0.4, -0.2) is 20.5 Å². The van der Waals surface area contributed by atoms with Gasteiger partial charge in [-0.1, -0.05) is 6.42 Å². The maximum Gasteiger partial charge on any atom is 0.276 e. The molecule has 0 bridgehead atoms. The Morgan fingerprint density at radius 2 is 2.33 bits per heavy atom. The van der Waals surface area contributed by atoms with Gasteiger partial charge < -0.3 is 0 Å². The van der Waals surface area contributed by atoms with Gasteiger partial charge in [0.25, 0.3) is 5.56 Å². The van der Waals surface area contributed by atoms with E-state index in [9.17, 15) is 4.79 Å². The fourth-order valence-corrected chi connectivity index (χ4v) is 2.69. The van der Waals surface area contributed by atoms with Gasteiger partial charge in [-0.3, -0.25) is 9.89 Å². The van der Waals surface area contributed by atoms with E-state index >= 15 is 0 Å². The molecule has 1 aliphatic carbocycles. The number of hydrogen-bond acceptors (Lipinski definition) is 2. The second-order valence-corrected chi connectivity index (χ2v) is 5.33. The zero-order chi connectivity index (χ0) is 12.7. The Morgan fingerprint density at radius 1 is 1.56 bits per heavy atom. The number of H-pyrrole nitrogens is 1. The monoisotopic (exact) mass is 265 g/mol. The molecule has 0 saturated heterocycles. The number of alkyl halides is 1. The summed E-state index contributed by atoms with van der Waals surface area (Å²) >= 11 is 5.73. The number of nitrogens with zero attached hydrogens (tertiary/aromatic N) is 2. The number of halogens is 1. The van der Waals surface area contributed by atoms with Gasteiger partial charge in [0.15, 0.2) is 5.65 Å². The number of aryl methyl sites for hydroxylation is 1. The first-order valence-corrected chi connectivity index (χ1v) is 6.91. The first-order valence-electron chi connectivity index (χ1n) is 6.38. The van der Waals surface area contributed by atoms with Gasteiger partial charge in [0.1, 0.15) is 0 Å². The van der Waals surface area contributed by atoms with E-state index in [0.29, 0.717) is 23.8 Å². The minimum absolute atomic E-state index is 0.0104. The third-order valence-electron chi connectivity index (χ3n) is 3.82. The van der Waals surface area contributed by atoms with E-state index in [1.165, 1.54) is 19.3 Å². The highest BCUT2D eigenvalue weighted by atomic mass is 35.5. The minimum Gasteiger partial charge on any atom is -0.293 e. The molecule has 4 nitrogen and oxygen atoms in total. The predicted octanol–water partition coefficient (Wildman–Crippen LogP) is 2.38. The first kappa shape index (κ1) is 11.8. The molecule has 1 aliphatic rings. The molecule has 0 radical (unpaired) electrons. The number of hydrogen-bond donors (Lipinski definition) is 1. The predicted molar refractivity (Wildman–Crippen MR) is 71.6 cm³/mol. The smallest absolute Gasteiger partial charge is 0.276 e. The highest BCUT2D eigenvalue weighted by molar-refractivity contribution is 6.17. The van der Waals surface area contributed by atoms with Crippen LogP contribution in [-0.2, 0) is 6.42 Å². The Hall–Kier alpha value is -1.29. The van der Waals surface area contributed by atoms with Crippen LogP contribution < -0.4 is 5.56 Å². The average molecular weight is 266 g/mol. The van der Waals surface area contributed by atoms with Crippen molar-refractivity contribution in [1.82, 2.24) is 14.6 Å². The first-order chi connectivity index (χ1) is 8.70. The third kappa shape index (κ3) is 1.75. The van der Waals surface area contributed by atoms with Crippen molar-refractivity contribution in [3.05, 3.63) is 33.4 Å². The van der Waals surface area contributed by atoms with Crippen molar-refractivity contribution in [3.8, 4) is 0 Å². The Morgan fingerprint density at radius 3 is 2.94 bits per heavy atom. The number of aromatic amines is 1. The number of rotatable bonds is 3. The number of nitrogens with one attached hydrogen (secondary N) is 1. The molecule has 2 aromatic rings. The van der Waals surface area contributed by atoms with E-state index in [1.54, 1.807) is 4.52 Å². The molecular formula is C13H16ClN3O. The summed E-state index contributed by atoms with van der Waals surface area (Å²) < 4.78 is 1.56. The highest BCUT2D eigenvalue weighted by Crippen LogP contribution is 2.35. The van der Waals surface area contributed by atoms with E-state index in [-0.39, 0.29) is 5.56 Å². The molecule has 0 spiro atoms. The Bertz CT molecular complexity index is 639. The molecule has 2 heterocycles. The highest BCUT2D eigenvalue weighted by Gasteiger charge is 2.22. The Labute approximate surface area is 110 Å². The quantitative estimate of drug-likeness (QED) is 0.867. The molecular weight excluding hydrogens is 250 g/mol. The van der Waals surface area contributed by atoms with E-state index in [2.05, 4.69) is 10.1 Å². The fourth-order valence-electron chi connectivity index (χ4n) is 2.50. The molecule has 0 aliphatic heterocycles. The second kappa shape index (κ2) is 4.43. The Kier molecular flexibility index (Phi) is 2.90. The van der Waals surface area contributed by atoms with E-state index < -0.39 is 0 Å². The van der Waals surface area contributed by atoms with E-state index in [0.717, 1.165) is 17.0 Å². The number of aromatic nitrogens is 3. The zero-order valence-electron chi connectivity index (χ0n) is 10.4. The fraction of sp³-hybridized carbons (Fsp3) is 0.538. The van der Waals surface area contributed by atoms with Crippen LogP contribution in [0.15, 0.2) is 10.9 Å². The lowest BCUT2D eigenvalue weighted by Crippen LogP contribution is -2.22. The van der Waals surface area contributed by atoms with Crippen LogP contribution >= 0.6 is 11.6 Å². The molecule has 5 heteroatoms. The summed E-state index contributed by atoms with van der Waals surface area (Å²) in [6.45, 7) is 1.87. The van der Waals surface area contributed by atoms with Gasteiger partial charge in [-0.15, -0.1) is 11.6 Å². The maximum absolute atomic E-state index is 12.3. The third-order valence-corrected chi connectivity index (χ3v) is 4.01. The van der Waals surface area contributed by atoms with Crippen LogP contribution in [0, 0.1) is 6.92 Å². The normalized spacial score (nSPS) is 16.1. The molecule has 0 aromatic carbocycles. The van der Waals surface area contributed by atoms with Crippen molar-refractivity contribution in [2.75, 3.05) is 5.88 Å². The summed E-state index contributed by atoms with van der Waals surface area (Å²) in [5.74, 6) is 1.02. The van der Waals surface area contributed by atoms with Crippen molar-refractivity contribution in [2.45, 2.75) is 38.5 Å². The molecule has 2 aromatic heterocycles. The van der Waals surface area contributed by atoms with E-state index in [4.69, 9.17) is 11.6 Å². The molecule has 18 heavy (non-hydrogen) atoms. The van der Waals surface area contributed by atoms with Crippen LogP contribution in [0.3, 0.4) is 0 Å². The van der Waals surface area contributed by atoms with Gasteiger partial charge in [-0.25, -0.2) is 9.50 Å². The van der Waals surface area contributed by atoms with Crippen LogP contribution in [0.25, 0.3) is 5.65 Å². The van der Waals surface area contributed by atoms with Gasteiger partial charge in [0.2, 0.25) is 0 Å². The largest absolute Gasteiger partial charge is 0.293 e. The molecule has 1 fully saturated rings. The summed E-state index contributed by atoms with van der Waals surface area (Å²) in [5, 5.41) is 3.19. The lowest BCUT2D eigenvalue weighted by molar-refractivity contribution is 0.409. The standard InChI is InChI=1S/C13H16ClN3O/c1-8-10(5-6-14)13(18)17-12(15-8)7-11(16-17)9-3-2-4-9/h7,9,16H,2-6H2,1H3. The van der Waals surface area contributed by atoms with E-state index in [1.807, 2.05) is 13.0 Å². The van der Waals surface area contributed by atoms with Crippen molar-refractivity contribution in [1.29, 1.82) is 0 Å². The average Bonchev–Trinajstić information content (AvgIpc) is 2.65. The second-order valence-electron chi connectivity index (χ2n) is 4.95. The van der Waals surface area contributed by atoms with Crippen LogP contribution in [0.2, 0.25) is 0 Å². The summed E-state index contributed by atoms with van der Waals surface area (Å²) in [4.78, 5) is 16.8. The topological polar surface area (TPSA) is 50.2 Å². The van der Waals surface area contributed by atoms with Gasteiger partial charge >= 0.3 is 0 Å². The van der Waals surface area contributed by atoms with Crippen LogP contribution in [0.4, 0.5) is 0 Å². The maximum atomic E-state index is 12.3. The van der Waals surface area contributed by atoms with Gasteiger partial charge in [-0.05, 0) is 26.2 Å². The molecule has 1 saturated carbocycles. The molecule has 96 valence electrons. The van der Waals surface area contributed by atoms with Crippen molar-refractivity contribution < 1.29 is 0 Å². The van der Waals surface area contributed by atoms with Gasteiger partial charge in [0.05, 0.1) is 0 Å². The minimum atomic E-state index is -0.0104. The van der Waals surface area contributed by atoms with Crippen molar-refractivity contribution >= 4 is 17.2 Å². The Balaban J connectivity index is 2.15. The summed E-state index contributed by atoms with van der Waals surface area (Å²) in [5.41, 5.74) is 3.35. The summed E-state index contributed by atoms with van der Waals surface area (Å²) in [7, 11) is 0. The zero-order valence-corrected chi connectivity index (χ0v) is 11.1. The summed E-state index contributed by atoms with van der Waals surface area (Å²) in [6, 6.07) is 2.00. The van der Waals surface area contributed by atoms with Gasteiger partial charge in [-0.2, -0.15) is 0 Å². The lowest BCUT2D eigenvalue weighted by Gasteiger charge is -2.23. The van der Waals surface area contributed by atoms with Crippen molar-refractivity contribution in [2.24, 2.45) is 0 Å². The molecule has 0 amide bonds.